The van der Waals surface area contributed by atoms with E-state index in [1.54, 1.807) is 0 Å². The van der Waals surface area contributed by atoms with Gasteiger partial charge in [-0.15, -0.1) is 0 Å². The number of carbonyl (C=O) groups is 1. The number of aromatic nitrogens is 2. The SMILES string of the molecule is Cc1ccc(NC(=O)CN(C)Cc2nn(-c3ccccc3)c3c2CCC3)cc1. The van der Waals surface area contributed by atoms with E-state index in [0.29, 0.717) is 13.1 Å². The highest BCUT2D eigenvalue weighted by Crippen LogP contribution is 2.28. The maximum absolute atomic E-state index is 12.4. The Balaban J connectivity index is 1.44. The van der Waals surface area contributed by atoms with Crippen molar-refractivity contribution in [2.45, 2.75) is 32.7 Å². The van der Waals surface area contributed by atoms with Gasteiger partial charge in [-0.25, -0.2) is 4.68 Å². The summed E-state index contributed by atoms with van der Waals surface area (Å²) in [5, 5.41) is 7.85. The summed E-state index contributed by atoms with van der Waals surface area (Å²) < 4.78 is 2.08. The fourth-order valence-corrected chi connectivity index (χ4v) is 3.82. The molecular formula is C23H26N4O. The molecule has 0 aliphatic heterocycles. The molecule has 0 saturated carbocycles. The maximum atomic E-state index is 12.4. The molecule has 1 amide bonds. The number of amides is 1. The summed E-state index contributed by atoms with van der Waals surface area (Å²) in [6.07, 6.45) is 3.31. The predicted molar refractivity (Wildman–Crippen MR) is 112 cm³/mol. The van der Waals surface area contributed by atoms with E-state index in [9.17, 15) is 4.79 Å². The second-order valence-corrected chi connectivity index (χ2v) is 7.56. The monoisotopic (exact) mass is 374 g/mol. The van der Waals surface area contributed by atoms with Gasteiger partial charge in [-0.1, -0.05) is 35.9 Å². The van der Waals surface area contributed by atoms with Crippen LogP contribution in [0.15, 0.2) is 54.6 Å². The molecule has 0 bridgehead atoms. The smallest absolute Gasteiger partial charge is 0.238 e. The third kappa shape index (κ3) is 3.99. The van der Waals surface area contributed by atoms with Gasteiger partial charge in [0.1, 0.15) is 0 Å². The molecule has 1 N–H and O–H groups in total. The standard InChI is InChI=1S/C23H26N4O/c1-17-11-13-18(14-12-17)24-23(28)16-26(2)15-21-20-9-6-10-22(20)27(25-21)19-7-4-3-5-8-19/h3-5,7-8,11-14H,6,9-10,15-16H2,1-2H3,(H,24,28). The number of aryl methyl sites for hydroxylation is 1. The van der Waals surface area contributed by atoms with Crippen LogP contribution in [0.5, 0.6) is 0 Å². The van der Waals surface area contributed by atoms with Crippen molar-refractivity contribution in [3.05, 3.63) is 77.1 Å². The van der Waals surface area contributed by atoms with Crippen LogP contribution < -0.4 is 5.32 Å². The quantitative estimate of drug-likeness (QED) is 0.715. The van der Waals surface area contributed by atoms with Gasteiger partial charge in [0.15, 0.2) is 0 Å². The third-order valence-electron chi connectivity index (χ3n) is 5.18. The fraction of sp³-hybridized carbons (Fsp3) is 0.304. The van der Waals surface area contributed by atoms with E-state index in [1.165, 1.54) is 23.2 Å². The molecule has 5 heteroatoms. The molecule has 0 spiro atoms. The van der Waals surface area contributed by atoms with E-state index in [0.717, 1.165) is 29.9 Å². The Hall–Kier alpha value is -2.92. The molecule has 0 fully saturated rings. The minimum atomic E-state index is -0.00881. The Kier molecular flexibility index (Phi) is 5.26. The summed E-state index contributed by atoms with van der Waals surface area (Å²) >= 11 is 0. The lowest BCUT2D eigenvalue weighted by Gasteiger charge is -2.16. The van der Waals surface area contributed by atoms with Crippen LogP contribution in [0.3, 0.4) is 0 Å². The summed E-state index contributed by atoms with van der Waals surface area (Å²) in [7, 11) is 1.97. The van der Waals surface area contributed by atoms with Crippen molar-refractivity contribution in [2.75, 3.05) is 18.9 Å². The van der Waals surface area contributed by atoms with Crippen LogP contribution in [0.25, 0.3) is 5.69 Å². The molecule has 3 aromatic rings. The van der Waals surface area contributed by atoms with Gasteiger partial charge in [0, 0.05) is 17.9 Å². The Bertz CT molecular complexity index is 960. The van der Waals surface area contributed by atoms with Gasteiger partial charge in [-0.2, -0.15) is 5.10 Å². The van der Waals surface area contributed by atoms with Gasteiger partial charge in [0.25, 0.3) is 0 Å². The Labute approximate surface area is 166 Å². The van der Waals surface area contributed by atoms with E-state index in [1.807, 2.05) is 61.3 Å². The second-order valence-electron chi connectivity index (χ2n) is 7.56. The summed E-state index contributed by atoms with van der Waals surface area (Å²) in [6, 6.07) is 18.1. The number of fused-ring (bicyclic) bond motifs is 1. The molecule has 1 aromatic heterocycles. The fourth-order valence-electron chi connectivity index (χ4n) is 3.82. The van der Waals surface area contributed by atoms with Gasteiger partial charge in [0.05, 0.1) is 17.9 Å². The second kappa shape index (κ2) is 7.98. The number of benzene rings is 2. The Morgan fingerprint density at radius 2 is 1.86 bits per heavy atom. The first kappa shape index (κ1) is 18.4. The number of para-hydroxylation sites is 1. The van der Waals surface area contributed by atoms with Crippen molar-refractivity contribution in [3.63, 3.8) is 0 Å². The predicted octanol–water partition coefficient (Wildman–Crippen LogP) is 3.74. The topological polar surface area (TPSA) is 50.2 Å². The van der Waals surface area contributed by atoms with E-state index in [-0.39, 0.29) is 5.91 Å². The van der Waals surface area contributed by atoms with Crippen molar-refractivity contribution in [3.8, 4) is 5.69 Å². The van der Waals surface area contributed by atoms with E-state index in [2.05, 4.69) is 22.1 Å². The first-order valence-corrected chi connectivity index (χ1v) is 9.80. The summed E-state index contributed by atoms with van der Waals surface area (Å²) in [5.41, 5.74) is 6.87. The van der Waals surface area contributed by atoms with Crippen molar-refractivity contribution in [1.29, 1.82) is 0 Å². The molecule has 5 nitrogen and oxygen atoms in total. The normalized spacial score (nSPS) is 13.0. The lowest BCUT2D eigenvalue weighted by atomic mass is 10.2. The van der Waals surface area contributed by atoms with Gasteiger partial charge in [-0.05, 0) is 63.1 Å². The largest absolute Gasteiger partial charge is 0.325 e. The number of nitrogens with one attached hydrogen (secondary N) is 1. The molecule has 1 aliphatic carbocycles. The molecule has 4 rings (SSSR count). The van der Waals surface area contributed by atoms with Gasteiger partial charge >= 0.3 is 0 Å². The molecule has 0 atom stereocenters. The Morgan fingerprint density at radius 3 is 2.61 bits per heavy atom. The number of anilines is 1. The summed E-state index contributed by atoms with van der Waals surface area (Å²) in [5.74, 6) is -0.00881. The van der Waals surface area contributed by atoms with Crippen molar-refractivity contribution < 1.29 is 4.79 Å². The summed E-state index contributed by atoms with van der Waals surface area (Å²) in [4.78, 5) is 14.4. The highest BCUT2D eigenvalue weighted by atomic mass is 16.2. The zero-order chi connectivity index (χ0) is 19.5. The third-order valence-corrected chi connectivity index (χ3v) is 5.18. The maximum Gasteiger partial charge on any atom is 0.238 e. The molecule has 1 heterocycles. The summed E-state index contributed by atoms with van der Waals surface area (Å²) in [6.45, 7) is 3.04. The zero-order valence-electron chi connectivity index (χ0n) is 16.5. The average Bonchev–Trinajstić information content (AvgIpc) is 3.28. The van der Waals surface area contributed by atoms with Crippen LogP contribution in [0, 0.1) is 6.92 Å². The van der Waals surface area contributed by atoms with Crippen molar-refractivity contribution >= 4 is 11.6 Å². The van der Waals surface area contributed by atoms with E-state index >= 15 is 0 Å². The Morgan fingerprint density at radius 1 is 1.11 bits per heavy atom. The number of carbonyl (C=O) groups excluding carboxylic acids is 1. The minimum Gasteiger partial charge on any atom is -0.325 e. The number of likely N-dealkylation sites (N-methyl/N-ethyl adjacent to an activating group) is 1. The van der Waals surface area contributed by atoms with Crippen LogP contribution >= 0.6 is 0 Å². The molecule has 0 radical (unpaired) electrons. The number of nitrogens with zero attached hydrogens (tertiary/aromatic N) is 3. The molecule has 28 heavy (non-hydrogen) atoms. The molecule has 0 unspecified atom stereocenters. The van der Waals surface area contributed by atoms with Crippen LogP contribution in [0.2, 0.25) is 0 Å². The molecule has 0 saturated heterocycles. The van der Waals surface area contributed by atoms with Crippen LogP contribution in [-0.2, 0) is 24.2 Å². The van der Waals surface area contributed by atoms with Crippen LogP contribution in [0.4, 0.5) is 5.69 Å². The van der Waals surface area contributed by atoms with Crippen LogP contribution in [0.1, 0.15) is 28.9 Å². The first-order valence-electron chi connectivity index (χ1n) is 9.80. The zero-order valence-corrected chi connectivity index (χ0v) is 16.5. The highest BCUT2D eigenvalue weighted by Gasteiger charge is 2.24. The van der Waals surface area contributed by atoms with Crippen LogP contribution in [-0.4, -0.2) is 34.2 Å². The number of hydrogen-bond acceptors (Lipinski definition) is 3. The van der Waals surface area contributed by atoms with Crippen molar-refractivity contribution in [1.82, 2.24) is 14.7 Å². The molecule has 1 aliphatic rings. The lowest BCUT2D eigenvalue weighted by Crippen LogP contribution is -2.30. The molecule has 2 aromatic carbocycles. The van der Waals surface area contributed by atoms with Gasteiger partial charge in [-0.3, -0.25) is 9.69 Å². The van der Waals surface area contributed by atoms with Gasteiger partial charge in [0.2, 0.25) is 5.91 Å². The van der Waals surface area contributed by atoms with E-state index in [4.69, 9.17) is 5.10 Å². The molecule has 144 valence electrons. The van der Waals surface area contributed by atoms with Crippen molar-refractivity contribution in [2.24, 2.45) is 0 Å². The first-order chi connectivity index (χ1) is 13.6. The average molecular weight is 374 g/mol. The number of rotatable bonds is 6. The minimum absolute atomic E-state index is 0.00881. The lowest BCUT2D eigenvalue weighted by molar-refractivity contribution is -0.117. The molecular weight excluding hydrogens is 348 g/mol. The highest BCUT2D eigenvalue weighted by molar-refractivity contribution is 5.92. The van der Waals surface area contributed by atoms with Gasteiger partial charge < -0.3 is 5.32 Å². The van der Waals surface area contributed by atoms with E-state index < -0.39 is 0 Å². The number of hydrogen-bond donors (Lipinski definition) is 1.